The molecule has 1 rings (SSSR count). The van der Waals surface area contributed by atoms with E-state index in [9.17, 15) is 4.79 Å². The highest BCUT2D eigenvalue weighted by molar-refractivity contribution is 5.86. The van der Waals surface area contributed by atoms with Crippen LogP contribution in [0.4, 0.5) is 0 Å². The normalized spacial score (nSPS) is 10.1. The Kier molecular flexibility index (Phi) is 5.87. The molecule has 4 heteroatoms. The van der Waals surface area contributed by atoms with E-state index in [1.807, 2.05) is 0 Å². The van der Waals surface area contributed by atoms with Crippen LogP contribution in [0.25, 0.3) is 0 Å². The third-order valence-electron chi connectivity index (χ3n) is 2.59. The standard InChI is InChI=1S/C13H18N2O2/c1-2-3-4-5-6-7-8-9-15-11-12(10-14-15)13(16)17/h1,10-11H,3-9H2,(H,16,17). The monoisotopic (exact) mass is 234 g/mol. The molecule has 0 atom stereocenters. The number of aromatic carboxylic acids is 1. The lowest BCUT2D eigenvalue weighted by molar-refractivity contribution is 0.0697. The van der Waals surface area contributed by atoms with E-state index in [1.165, 1.54) is 19.0 Å². The topological polar surface area (TPSA) is 55.1 Å². The summed E-state index contributed by atoms with van der Waals surface area (Å²) in [6.45, 7) is 0.780. The maximum Gasteiger partial charge on any atom is 0.338 e. The molecule has 1 aromatic rings. The molecule has 1 aromatic heterocycles. The van der Waals surface area contributed by atoms with E-state index >= 15 is 0 Å². The van der Waals surface area contributed by atoms with E-state index < -0.39 is 5.97 Å². The number of nitrogens with zero attached hydrogens (tertiary/aromatic N) is 2. The molecule has 0 bridgehead atoms. The van der Waals surface area contributed by atoms with Crippen LogP contribution in [-0.2, 0) is 6.54 Å². The highest BCUT2D eigenvalue weighted by atomic mass is 16.4. The van der Waals surface area contributed by atoms with E-state index in [4.69, 9.17) is 11.5 Å². The van der Waals surface area contributed by atoms with Crippen LogP contribution >= 0.6 is 0 Å². The van der Waals surface area contributed by atoms with E-state index in [2.05, 4.69) is 11.0 Å². The average molecular weight is 234 g/mol. The average Bonchev–Trinajstić information content (AvgIpc) is 2.77. The summed E-state index contributed by atoms with van der Waals surface area (Å²) in [4.78, 5) is 10.6. The van der Waals surface area contributed by atoms with Gasteiger partial charge in [0, 0.05) is 19.2 Å². The Morgan fingerprint density at radius 2 is 2.06 bits per heavy atom. The number of hydrogen-bond donors (Lipinski definition) is 1. The van der Waals surface area contributed by atoms with E-state index in [0.717, 1.165) is 32.2 Å². The molecule has 0 aliphatic heterocycles. The zero-order valence-corrected chi connectivity index (χ0v) is 9.93. The molecule has 0 fully saturated rings. The van der Waals surface area contributed by atoms with Crippen molar-refractivity contribution in [2.45, 2.75) is 45.1 Å². The highest BCUT2D eigenvalue weighted by Crippen LogP contribution is 2.06. The Hall–Kier alpha value is -1.76. The van der Waals surface area contributed by atoms with Crippen molar-refractivity contribution in [3.63, 3.8) is 0 Å². The van der Waals surface area contributed by atoms with Crippen LogP contribution in [0.3, 0.4) is 0 Å². The molecule has 0 aromatic carbocycles. The van der Waals surface area contributed by atoms with Gasteiger partial charge in [-0.15, -0.1) is 12.3 Å². The first-order valence-corrected chi connectivity index (χ1v) is 5.93. The first-order chi connectivity index (χ1) is 8.24. The Morgan fingerprint density at radius 1 is 1.35 bits per heavy atom. The number of hydrogen-bond acceptors (Lipinski definition) is 2. The van der Waals surface area contributed by atoms with E-state index in [-0.39, 0.29) is 5.56 Å². The number of carbonyl (C=O) groups is 1. The van der Waals surface area contributed by atoms with Gasteiger partial charge in [0.05, 0.1) is 11.8 Å². The molecule has 1 N–H and O–H groups in total. The number of aromatic nitrogens is 2. The summed E-state index contributed by atoms with van der Waals surface area (Å²) in [6, 6.07) is 0. The number of terminal acetylenes is 1. The van der Waals surface area contributed by atoms with Gasteiger partial charge in [-0.05, 0) is 12.8 Å². The SMILES string of the molecule is C#CCCCCCCCn1cc(C(=O)O)cn1. The van der Waals surface area contributed by atoms with Crippen molar-refractivity contribution in [2.75, 3.05) is 0 Å². The second-order valence-electron chi connectivity index (χ2n) is 4.02. The molecule has 0 unspecified atom stereocenters. The third-order valence-corrected chi connectivity index (χ3v) is 2.59. The van der Waals surface area contributed by atoms with Crippen molar-refractivity contribution in [3.05, 3.63) is 18.0 Å². The zero-order chi connectivity index (χ0) is 12.5. The first-order valence-electron chi connectivity index (χ1n) is 5.93. The molecule has 0 aliphatic rings. The van der Waals surface area contributed by atoms with Gasteiger partial charge in [0.25, 0.3) is 0 Å². The third kappa shape index (κ3) is 5.21. The summed E-state index contributed by atoms with van der Waals surface area (Å²) >= 11 is 0. The predicted molar refractivity (Wildman–Crippen MR) is 65.7 cm³/mol. The van der Waals surface area contributed by atoms with Gasteiger partial charge in [0.2, 0.25) is 0 Å². The van der Waals surface area contributed by atoms with Crippen molar-refractivity contribution in [3.8, 4) is 12.3 Å². The van der Waals surface area contributed by atoms with Crippen LogP contribution in [0.2, 0.25) is 0 Å². The number of rotatable bonds is 8. The van der Waals surface area contributed by atoms with Crippen molar-refractivity contribution in [1.82, 2.24) is 9.78 Å². The minimum atomic E-state index is -0.925. The lowest BCUT2D eigenvalue weighted by Crippen LogP contribution is -1.99. The van der Waals surface area contributed by atoms with Crippen LogP contribution < -0.4 is 0 Å². The van der Waals surface area contributed by atoms with Gasteiger partial charge in [-0.3, -0.25) is 4.68 Å². The summed E-state index contributed by atoms with van der Waals surface area (Å²) in [5.41, 5.74) is 0.249. The molecular weight excluding hydrogens is 216 g/mol. The van der Waals surface area contributed by atoms with Crippen LogP contribution in [0, 0.1) is 12.3 Å². The predicted octanol–water partition coefficient (Wildman–Crippen LogP) is 2.56. The van der Waals surface area contributed by atoms with Crippen LogP contribution in [0.5, 0.6) is 0 Å². The summed E-state index contributed by atoms with van der Waals surface area (Å²) in [6.07, 6.45) is 14.6. The minimum Gasteiger partial charge on any atom is -0.478 e. The Bertz CT molecular complexity index is 390. The van der Waals surface area contributed by atoms with Gasteiger partial charge in [-0.25, -0.2) is 4.79 Å². The van der Waals surface area contributed by atoms with Crippen LogP contribution in [0.15, 0.2) is 12.4 Å². The number of carboxylic acids is 1. The highest BCUT2D eigenvalue weighted by Gasteiger charge is 2.04. The minimum absolute atomic E-state index is 0.249. The molecule has 0 spiro atoms. The van der Waals surface area contributed by atoms with Crippen LogP contribution in [0.1, 0.15) is 48.9 Å². The Morgan fingerprint density at radius 3 is 2.71 bits per heavy atom. The van der Waals surface area contributed by atoms with Gasteiger partial charge in [0.1, 0.15) is 0 Å². The zero-order valence-electron chi connectivity index (χ0n) is 9.93. The van der Waals surface area contributed by atoms with Gasteiger partial charge in [-0.2, -0.15) is 5.10 Å². The molecule has 0 saturated carbocycles. The quantitative estimate of drug-likeness (QED) is 0.555. The largest absolute Gasteiger partial charge is 0.478 e. The molecule has 17 heavy (non-hydrogen) atoms. The Balaban J connectivity index is 2.10. The van der Waals surface area contributed by atoms with Gasteiger partial charge >= 0.3 is 5.97 Å². The molecule has 0 amide bonds. The number of aryl methyl sites for hydroxylation is 1. The smallest absolute Gasteiger partial charge is 0.338 e. The fraction of sp³-hybridized carbons (Fsp3) is 0.538. The second kappa shape index (κ2) is 7.50. The lowest BCUT2D eigenvalue weighted by atomic mass is 10.1. The van der Waals surface area contributed by atoms with Crippen molar-refractivity contribution in [1.29, 1.82) is 0 Å². The van der Waals surface area contributed by atoms with Crippen molar-refractivity contribution >= 4 is 5.97 Å². The fourth-order valence-corrected chi connectivity index (χ4v) is 1.63. The van der Waals surface area contributed by atoms with Crippen LogP contribution in [-0.4, -0.2) is 20.9 Å². The molecule has 0 radical (unpaired) electrons. The molecule has 1 heterocycles. The van der Waals surface area contributed by atoms with Crippen molar-refractivity contribution in [2.24, 2.45) is 0 Å². The summed E-state index contributed by atoms with van der Waals surface area (Å²) in [5, 5.41) is 12.7. The van der Waals surface area contributed by atoms with Gasteiger partial charge < -0.3 is 5.11 Å². The number of carboxylic acid groups (broad SMARTS) is 1. The first kappa shape index (κ1) is 13.3. The van der Waals surface area contributed by atoms with Gasteiger partial charge in [-0.1, -0.05) is 19.3 Å². The Labute approximate surface area is 102 Å². The fourth-order valence-electron chi connectivity index (χ4n) is 1.63. The summed E-state index contributed by atoms with van der Waals surface area (Å²) < 4.78 is 1.69. The van der Waals surface area contributed by atoms with Gasteiger partial charge in [0.15, 0.2) is 0 Å². The maximum atomic E-state index is 10.6. The maximum absolute atomic E-state index is 10.6. The van der Waals surface area contributed by atoms with E-state index in [0.29, 0.717) is 0 Å². The number of unbranched alkanes of at least 4 members (excludes halogenated alkanes) is 5. The molecule has 0 saturated heterocycles. The summed E-state index contributed by atoms with van der Waals surface area (Å²) in [5.74, 6) is 1.70. The second-order valence-corrected chi connectivity index (χ2v) is 4.02. The molecular formula is C13H18N2O2. The van der Waals surface area contributed by atoms with E-state index in [1.54, 1.807) is 10.9 Å². The van der Waals surface area contributed by atoms with Crippen molar-refractivity contribution < 1.29 is 9.90 Å². The lowest BCUT2D eigenvalue weighted by Gasteiger charge is -2.01. The molecule has 92 valence electrons. The summed E-state index contributed by atoms with van der Waals surface area (Å²) in [7, 11) is 0. The molecule has 4 nitrogen and oxygen atoms in total. The molecule has 0 aliphatic carbocycles.